The van der Waals surface area contributed by atoms with E-state index in [1.807, 2.05) is 0 Å². The third-order valence-corrected chi connectivity index (χ3v) is 4.11. The van der Waals surface area contributed by atoms with E-state index < -0.39 is 42.4 Å². The summed E-state index contributed by atoms with van der Waals surface area (Å²) >= 11 is 11.6. The average Bonchev–Trinajstić information content (AvgIpc) is 2.61. The van der Waals surface area contributed by atoms with Crippen molar-refractivity contribution in [3.63, 3.8) is 0 Å². The van der Waals surface area contributed by atoms with E-state index in [9.17, 15) is 19.2 Å². The Morgan fingerprint density at radius 2 is 1.65 bits per heavy atom. The van der Waals surface area contributed by atoms with Gasteiger partial charge in [0.25, 0.3) is 0 Å². The average molecular weight is 432 g/mol. The van der Waals surface area contributed by atoms with Crippen molar-refractivity contribution in [3.8, 4) is 0 Å². The number of hydrogen-bond donors (Lipinski definition) is 9. The Bertz CT molecular complexity index is 464. The zero-order valence-corrected chi connectivity index (χ0v) is 16.6. The number of rotatable bonds is 11. The highest BCUT2D eigenvalue weighted by Crippen LogP contribution is 1.97. The van der Waals surface area contributed by atoms with Crippen molar-refractivity contribution in [3.05, 3.63) is 0 Å². The number of hydrogen-bond acceptors (Lipinski definition) is 9. The minimum atomic E-state index is -1.22. The first-order valence-corrected chi connectivity index (χ1v) is 9.14. The maximum Gasteiger partial charge on any atom is 0.322 e. The fourth-order valence-electron chi connectivity index (χ4n) is 1.21. The molecule has 7 N–H and O–H groups in total. The van der Waals surface area contributed by atoms with Gasteiger partial charge in [0.05, 0.1) is 6.61 Å². The van der Waals surface area contributed by atoms with Gasteiger partial charge in [0.15, 0.2) is 0 Å². The molecular weight excluding hydrogens is 406 g/mol. The van der Waals surface area contributed by atoms with E-state index in [-0.39, 0.29) is 30.5 Å². The molecule has 3 atom stereocenters. The van der Waals surface area contributed by atoms with E-state index in [4.69, 9.17) is 21.1 Å². The van der Waals surface area contributed by atoms with Crippen molar-refractivity contribution in [2.75, 3.05) is 24.7 Å². The number of aliphatic hydroxyl groups excluding tert-OH is 1. The zero-order chi connectivity index (χ0) is 20.7. The monoisotopic (exact) mass is 431 g/mol. The Kier molecular flexibility index (Phi) is 16.7. The van der Waals surface area contributed by atoms with Gasteiger partial charge in [-0.15, -0.1) is 0 Å². The number of nitrogens with one attached hydrogen (secondary N) is 2. The Morgan fingerprint density at radius 3 is 2.00 bits per heavy atom. The molecule has 0 heterocycles. The largest absolute Gasteiger partial charge is 0.480 e. The summed E-state index contributed by atoms with van der Waals surface area (Å²) in [5.74, 6) is -3.07. The van der Waals surface area contributed by atoms with Crippen molar-refractivity contribution >= 4 is 61.6 Å². The van der Waals surface area contributed by atoms with Crippen molar-refractivity contribution in [2.24, 2.45) is 5.73 Å². The fourth-order valence-corrected chi connectivity index (χ4v) is 1.59. The molecule has 0 saturated heterocycles. The molecular formula is C13H25N3O7S3. The summed E-state index contributed by atoms with van der Waals surface area (Å²) in [6, 6.07) is -2.15. The van der Waals surface area contributed by atoms with Gasteiger partial charge in [-0.05, 0) is 6.42 Å². The van der Waals surface area contributed by atoms with Crippen LogP contribution in [0.25, 0.3) is 0 Å². The van der Waals surface area contributed by atoms with Crippen LogP contribution in [0.2, 0.25) is 0 Å². The molecule has 0 aromatic rings. The normalized spacial score (nSPS) is 13.4. The smallest absolute Gasteiger partial charge is 0.322 e. The summed E-state index contributed by atoms with van der Waals surface area (Å²) in [4.78, 5) is 43.7. The minimum Gasteiger partial charge on any atom is -0.480 e. The topological polar surface area (TPSA) is 179 Å². The van der Waals surface area contributed by atoms with Gasteiger partial charge < -0.3 is 31.7 Å². The molecule has 0 bridgehead atoms. The molecule has 26 heavy (non-hydrogen) atoms. The molecule has 0 saturated carbocycles. The van der Waals surface area contributed by atoms with Crippen molar-refractivity contribution < 1.29 is 34.5 Å². The van der Waals surface area contributed by atoms with Gasteiger partial charge in [-0.1, -0.05) is 0 Å². The summed E-state index contributed by atoms with van der Waals surface area (Å²) in [5.41, 5.74) is 5.23. The number of aliphatic hydroxyl groups is 1. The van der Waals surface area contributed by atoms with Crippen LogP contribution in [-0.2, 0) is 19.2 Å². The lowest BCUT2D eigenvalue weighted by molar-refractivity contribution is -0.139. The van der Waals surface area contributed by atoms with Crippen molar-refractivity contribution in [1.29, 1.82) is 0 Å². The van der Waals surface area contributed by atoms with Crippen molar-refractivity contribution in [1.82, 2.24) is 10.6 Å². The zero-order valence-electron chi connectivity index (χ0n) is 13.9. The van der Waals surface area contributed by atoms with Crippen LogP contribution in [-0.4, -0.2) is 81.1 Å². The second-order valence-electron chi connectivity index (χ2n) is 4.92. The number of thiol groups is 3. The Balaban J connectivity index is 0. The first kappa shape index (κ1) is 27.1. The molecule has 10 nitrogen and oxygen atoms in total. The van der Waals surface area contributed by atoms with Crippen LogP contribution in [0.5, 0.6) is 0 Å². The van der Waals surface area contributed by atoms with E-state index in [1.54, 1.807) is 0 Å². The van der Waals surface area contributed by atoms with E-state index in [1.165, 1.54) is 0 Å². The molecule has 0 fully saturated rings. The number of carboxylic acids is 2. The van der Waals surface area contributed by atoms with Crippen LogP contribution in [0.15, 0.2) is 0 Å². The minimum absolute atomic E-state index is 0.0256. The second-order valence-corrected chi connectivity index (χ2v) is 6.38. The summed E-state index contributed by atoms with van der Waals surface area (Å²) in [7, 11) is 0. The highest BCUT2D eigenvalue weighted by atomic mass is 32.1. The molecule has 3 unspecified atom stereocenters. The number of carboxylic acid groups (broad SMARTS) is 2. The van der Waals surface area contributed by atoms with Gasteiger partial charge in [0.2, 0.25) is 11.8 Å². The quantitative estimate of drug-likeness (QED) is 0.169. The first-order valence-electron chi connectivity index (χ1n) is 7.36. The molecule has 0 radical (unpaired) electrons. The molecule has 2 amide bonds. The number of carbonyl (C=O) groups excluding carboxylic acids is 2. The van der Waals surface area contributed by atoms with Gasteiger partial charge in [0, 0.05) is 23.2 Å². The van der Waals surface area contributed by atoms with Gasteiger partial charge in [0.1, 0.15) is 18.6 Å². The van der Waals surface area contributed by atoms with Crippen LogP contribution >= 0.6 is 37.9 Å². The molecule has 0 rings (SSSR count). The van der Waals surface area contributed by atoms with Gasteiger partial charge in [-0.3, -0.25) is 19.2 Å². The fraction of sp³-hybridized carbons (Fsp3) is 0.692. The highest BCUT2D eigenvalue weighted by Gasteiger charge is 2.20. The second kappa shape index (κ2) is 16.1. The van der Waals surface area contributed by atoms with Crippen molar-refractivity contribution in [2.45, 2.75) is 30.2 Å². The van der Waals surface area contributed by atoms with Gasteiger partial charge >= 0.3 is 11.9 Å². The molecule has 152 valence electrons. The standard InChI is InChI=1S/C10H17N3O6S.C3H8OS2/c11-5(10(18)19)1-2-7(14)13-6(4-20)9(17)12-3-8(15)16;4-1-3(6)2-5/h5-6,20H,1-4,11H2,(H,12,17)(H,13,14)(H,15,16)(H,18,19);3-6H,1-2H2. The lowest BCUT2D eigenvalue weighted by Gasteiger charge is -2.16. The maximum absolute atomic E-state index is 11.5. The van der Waals surface area contributed by atoms with E-state index in [0.29, 0.717) is 5.75 Å². The molecule has 0 aliphatic heterocycles. The Morgan fingerprint density at radius 1 is 1.08 bits per heavy atom. The maximum atomic E-state index is 11.5. The molecule has 0 spiro atoms. The van der Waals surface area contributed by atoms with Crippen LogP contribution in [0.3, 0.4) is 0 Å². The highest BCUT2D eigenvalue weighted by molar-refractivity contribution is 7.84. The number of carbonyl (C=O) groups is 4. The molecule has 0 aliphatic rings. The number of amides is 2. The SMILES string of the molecule is NC(CCC(=O)NC(CS)C(=O)NCC(=O)O)C(=O)O.OCC(S)CS. The first-order chi connectivity index (χ1) is 12.1. The number of aliphatic carboxylic acids is 2. The van der Waals surface area contributed by atoms with Crippen LogP contribution in [0, 0.1) is 0 Å². The van der Waals surface area contributed by atoms with E-state index >= 15 is 0 Å². The van der Waals surface area contributed by atoms with E-state index in [2.05, 4.69) is 48.5 Å². The van der Waals surface area contributed by atoms with Gasteiger partial charge in [-0.25, -0.2) is 0 Å². The summed E-state index contributed by atoms with van der Waals surface area (Å²) in [6.45, 7) is -0.449. The lowest BCUT2D eigenvalue weighted by atomic mass is 10.1. The molecule has 0 aromatic carbocycles. The summed E-state index contributed by atoms with van der Waals surface area (Å²) in [6.07, 6.45) is -0.235. The van der Waals surface area contributed by atoms with Crippen LogP contribution in [0.1, 0.15) is 12.8 Å². The number of nitrogens with two attached hydrogens (primary N) is 1. The van der Waals surface area contributed by atoms with Crippen LogP contribution in [0.4, 0.5) is 0 Å². The lowest BCUT2D eigenvalue weighted by Crippen LogP contribution is -2.49. The predicted molar refractivity (Wildman–Crippen MR) is 105 cm³/mol. The summed E-state index contributed by atoms with van der Waals surface area (Å²) < 4.78 is 0. The Labute approximate surface area is 167 Å². The third kappa shape index (κ3) is 15.1. The third-order valence-electron chi connectivity index (χ3n) is 2.67. The van der Waals surface area contributed by atoms with Crippen LogP contribution < -0.4 is 16.4 Å². The molecule has 0 aliphatic carbocycles. The molecule has 13 heteroatoms. The Hall–Kier alpha value is -1.15. The predicted octanol–water partition coefficient (Wildman–Crippen LogP) is -2.00. The van der Waals surface area contributed by atoms with E-state index in [0.717, 1.165) is 0 Å². The molecule has 0 aromatic heterocycles. The summed E-state index contributed by atoms with van der Waals surface area (Å²) in [5, 5.41) is 29.6. The van der Waals surface area contributed by atoms with Gasteiger partial charge in [-0.2, -0.15) is 37.9 Å².